The van der Waals surface area contributed by atoms with Gasteiger partial charge in [-0.1, -0.05) is 54.1 Å². The SMILES string of the molecule is COc1cc(C=Nc2ccc([C@@H]3Nc4ccc(C)cc4[C@H]4C=CC[C@H]43)cc2)ccc1OCc1ccc(F)cc1. The summed E-state index contributed by atoms with van der Waals surface area (Å²) in [6.45, 7) is 2.49. The first-order chi connectivity index (χ1) is 19.1. The first-order valence-electron chi connectivity index (χ1n) is 13.3. The van der Waals surface area contributed by atoms with Gasteiger partial charge in [-0.25, -0.2) is 4.39 Å². The predicted molar refractivity (Wildman–Crippen MR) is 155 cm³/mol. The Morgan fingerprint density at radius 3 is 2.56 bits per heavy atom. The quantitative estimate of drug-likeness (QED) is 0.198. The zero-order valence-corrected chi connectivity index (χ0v) is 22.1. The molecule has 39 heavy (non-hydrogen) atoms. The van der Waals surface area contributed by atoms with Gasteiger partial charge in [-0.15, -0.1) is 0 Å². The molecule has 6 rings (SSSR count). The van der Waals surface area contributed by atoms with E-state index in [-0.39, 0.29) is 11.9 Å². The third kappa shape index (κ3) is 5.30. The fraction of sp³-hybridized carbons (Fsp3) is 0.206. The fourth-order valence-electron chi connectivity index (χ4n) is 5.59. The zero-order chi connectivity index (χ0) is 26.8. The van der Waals surface area contributed by atoms with Crippen molar-refractivity contribution in [3.63, 3.8) is 0 Å². The molecule has 0 bridgehead atoms. The molecule has 4 aromatic carbocycles. The molecule has 1 heterocycles. The van der Waals surface area contributed by atoms with Gasteiger partial charge in [-0.3, -0.25) is 4.99 Å². The van der Waals surface area contributed by atoms with Gasteiger partial charge in [-0.2, -0.15) is 0 Å². The van der Waals surface area contributed by atoms with Crippen molar-refractivity contribution >= 4 is 17.6 Å². The van der Waals surface area contributed by atoms with Crippen LogP contribution < -0.4 is 14.8 Å². The van der Waals surface area contributed by atoms with Crippen molar-refractivity contribution in [1.82, 2.24) is 0 Å². The monoisotopic (exact) mass is 518 g/mol. The van der Waals surface area contributed by atoms with Crippen LogP contribution in [0.15, 0.2) is 102 Å². The van der Waals surface area contributed by atoms with E-state index in [9.17, 15) is 4.39 Å². The van der Waals surface area contributed by atoms with Crippen LogP contribution in [0.1, 0.15) is 46.2 Å². The van der Waals surface area contributed by atoms with Gasteiger partial charge in [0.2, 0.25) is 0 Å². The average Bonchev–Trinajstić information content (AvgIpc) is 3.46. The number of halogens is 1. The molecule has 0 amide bonds. The van der Waals surface area contributed by atoms with Crippen LogP contribution in [0.5, 0.6) is 11.5 Å². The highest BCUT2D eigenvalue weighted by molar-refractivity contribution is 5.83. The molecule has 0 spiro atoms. The summed E-state index contributed by atoms with van der Waals surface area (Å²) in [6.07, 6.45) is 7.62. The van der Waals surface area contributed by atoms with E-state index in [1.807, 2.05) is 24.4 Å². The van der Waals surface area contributed by atoms with Crippen molar-refractivity contribution in [1.29, 1.82) is 0 Å². The van der Waals surface area contributed by atoms with Gasteiger partial charge in [0.15, 0.2) is 11.5 Å². The lowest BCUT2D eigenvalue weighted by molar-refractivity contribution is 0.284. The van der Waals surface area contributed by atoms with Crippen LogP contribution in [0.3, 0.4) is 0 Å². The summed E-state index contributed by atoms with van der Waals surface area (Å²) in [5.74, 6) is 1.96. The Morgan fingerprint density at radius 1 is 0.949 bits per heavy atom. The van der Waals surface area contributed by atoms with E-state index in [0.29, 0.717) is 29.9 Å². The molecule has 0 radical (unpaired) electrons. The zero-order valence-electron chi connectivity index (χ0n) is 22.1. The first-order valence-corrected chi connectivity index (χ1v) is 13.3. The topological polar surface area (TPSA) is 42.8 Å². The van der Waals surface area contributed by atoms with E-state index in [4.69, 9.17) is 14.5 Å². The smallest absolute Gasteiger partial charge is 0.161 e. The van der Waals surface area contributed by atoms with Gasteiger partial charge < -0.3 is 14.8 Å². The van der Waals surface area contributed by atoms with Crippen molar-refractivity contribution in [3.05, 3.63) is 131 Å². The summed E-state index contributed by atoms with van der Waals surface area (Å²) in [6, 6.07) is 27.5. The van der Waals surface area contributed by atoms with Crippen LogP contribution in [-0.2, 0) is 6.61 Å². The third-order valence-electron chi connectivity index (χ3n) is 7.63. The molecule has 4 aromatic rings. The van der Waals surface area contributed by atoms with Gasteiger partial charge in [-0.05, 0) is 90.0 Å². The van der Waals surface area contributed by atoms with Gasteiger partial charge >= 0.3 is 0 Å². The van der Waals surface area contributed by atoms with Crippen LogP contribution in [0.4, 0.5) is 15.8 Å². The lowest BCUT2D eigenvalue weighted by atomic mass is 9.76. The van der Waals surface area contributed by atoms with Crippen molar-refractivity contribution in [3.8, 4) is 11.5 Å². The maximum absolute atomic E-state index is 13.1. The van der Waals surface area contributed by atoms with Crippen LogP contribution in [0.2, 0.25) is 0 Å². The molecule has 0 unspecified atom stereocenters. The minimum absolute atomic E-state index is 0.263. The molecule has 1 aliphatic carbocycles. The normalized spacial score (nSPS) is 19.4. The minimum atomic E-state index is -0.263. The summed E-state index contributed by atoms with van der Waals surface area (Å²) in [4.78, 5) is 4.69. The number of allylic oxidation sites excluding steroid dienone is 2. The maximum atomic E-state index is 13.1. The van der Waals surface area contributed by atoms with Crippen molar-refractivity contribution < 1.29 is 13.9 Å². The van der Waals surface area contributed by atoms with Crippen molar-refractivity contribution in [2.75, 3.05) is 12.4 Å². The lowest BCUT2D eigenvalue weighted by Crippen LogP contribution is -2.29. The molecule has 1 aliphatic heterocycles. The molecule has 0 aromatic heterocycles. The number of nitrogens with zero attached hydrogens (tertiary/aromatic N) is 1. The van der Waals surface area contributed by atoms with Crippen LogP contribution in [0.25, 0.3) is 0 Å². The number of aryl methyl sites for hydroxylation is 1. The summed E-state index contributed by atoms with van der Waals surface area (Å²) in [7, 11) is 1.61. The molecular formula is C34H31FN2O2. The van der Waals surface area contributed by atoms with E-state index in [1.54, 1.807) is 19.2 Å². The number of benzene rings is 4. The molecule has 0 saturated heterocycles. The number of ether oxygens (including phenoxy) is 2. The molecule has 2 aliphatic rings. The number of hydrogen-bond acceptors (Lipinski definition) is 4. The second-order valence-corrected chi connectivity index (χ2v) is 10.2. The highest BCUT2D eigenvalue weighted by atomic mass is 19.1. The number of anilines is 1. The Morgan fingerprint density at radius 2 is 1.77 bits per heavy atom. The number of rotatable bonds is 7. The number of fused-ring (bicyclic) bond motifs is 3. The van der Waals surface area contributed by atoms with Crippen molar-refractivity contribution in [2.45, 2.75) is 31.9 Å². The third-order valence-corrected chi connectivity index (χ3v) is 7.63. The molecule has 0 fully saturated rings. The van der Waals surface area contributed by atoms with Gasteiger partial charge in [0, 0.05) is 17.8 Å². The van der Waals surface area contributed by atoms with Crippen LogP contribution >= 0.6 is 0 Å². The number of aliphatic imine (C=N–C) groups is 1. The molecular weight excluding hydrogens is 487 g/mol. The Balaban J connectivity index is 1.14. The Bertz CT molecular complexity index is 1530. The second kappa shape index (κ2) is 10.8. The largest absolute Gasteiger partial charge is 0.493 e. The van der Waals surface area contributed by atoms with Crippen LogP contribution in [0, 0.1) is 18.7 Å². The van der Waals surface area contributed by atoms with Gasteiger partial charge in [0.1, 0.15) is 12.4 Å². The predicted octanol–water partition coefficient (Wildman–Crippen LogP) is 8.30. The summed E-state index contributed by atoms with van der Waals surface area (Å²) in [5, 5.41) is 3.81. The standard InChI is InChI=1S/C34H31FN2O2/c1-22-6-16-31-30(18-22)28-4-3-5-29(28)34(37-31)25-10-14-27(15-11-25)36-20-24-9-17-32(33(19-24)38-2)39-21-23-7-12-26(35)13-8-23/h3-4,6-20,28-29,34,37H,5,21H2,1-2H3/t28-,29+,34-/m0/s1. The summed E-state index contributed by atoms with van der Waals surface area (Å²) in [5.41, 5.74) is 7.92. The van der Waals surface area contributed by atoms with E-state index in [0.717, 1.165) is 23.2 Å². The highest BCUT2D eigenvalue weighted by Gasteiger charge is 2.37. The Hall–Kier alpha value is -4.38. The lowest BCUT2D eigenvalue weighted by Gasteiger charge is -2.37. The number of methoxy groups -OCH3 is 1. The maximum Gasteiger partial charge on any atom is 0.161 e. The highest BCUT2D eigenvalue weighted by Crippen LogP contribution is 2.50. The molecule has 4 nitrogen and oxygen atoms in total. The molecule has 0 saturated carbocycles. The van der Waals surface area contributed by atoms with E-state index >= 15 is 0 Å². The summed E-state index contributed by atoms with van der Waals surface area (Å²) >= 11 is 0. The molecule has 3 atom stereocenters. The summed E-state index contributed by atoms with van der Waals surface area (Å²) < 4.78 is 24.6. The Labute approximate surface area is 228 Å². The average molecular weight is 519 g/mol. The molecule has 5 heteroatoms. The number of hydrogen-bond donors (Lipinski definition) is 1. The second-order valence-electron chi connectivity index (χ2n) is 10.2. The van der Waals surface area contributed by atoms with Gasteiger partial charge in [0.25, 0.3) is 0 Å². The van der Waals surface area contributed by atoms with Crippen molar-refractivity contribution in [2.24, 2.45) is 10.9 Å². The van der Waals surface area contributed by atoms with E-state index in [1.165, 1.54) is 34.5 Å². The Kier molecular flexibility index (Phi) is 6.89. The number of nitrogens with one attached hydrogen (secondary N) is 1. The van der Waals surface area contributed by atoms with Gasteiger partial charge in [0.05, 0.1) is 18.8 Å². The fourth-order valence-corrected chi connectivity index (χ4v) is 5.59. The molecule has 1 N–H and O–H groups in total. The van der Waals surface area contributed by atoms with E-state index in [2.05, 4.69) is 66.9 Å². The first kappa shape index (κ1) is 24.9. The minimum Gasteiger partial charge on any atom is -0.493 e. The molecule has 196 valence electrons. The van der Waals surface area contributed by atoms with E-state index < -0.39 is 0 Å². The van der Waals surface area contributed by atoms with Crippen LogP contribution in [-0.4, -0.2) is 13.3 Å².